The quantitative estimate of drug-likeness (QED) is 0.402. The summed E-state index contributed by atoms with van der Waals surface area (Å²) in [5.41, 5.74) is 0.892. The zero-order valence-corrected chi connectivity index (χ0v) is 14.3. The van der Waals surface area contributed by atoms with E-state index in [0.717, 1.165) is 36.7 Å². The lowest BCUT2D eigenvalue weighted by atomic mass is 9.78. The van der Waals surface area contributed by atoms with Gasteiger partial charge in [-0.25, -0.2) is 8.78 Å². The number of aryl methyl sites for hydroxylation is 1. The van der Waals surface area contributed by atoms with E-state index in [1.165, 1.54) is 57.1 Å². The van der Waals surface area contributed by atoms with Crippen LogP contribution in [0.1, 0.15) is 63.4 Å². The summed E-state index contributed by atoms with van der Waals surface area (Å²) in [4.78, 5) is 0. The molecule has 1 aliphatic rings. The molecule has 1 saturated carbocycles. The number of halogens is 2. The molecule has 0 unspecified atom stereocenters. The SMILES string of the molecule is N#CC=CCC[C@H]1CC[C@H](CCCCc2ccc(F)c(F)c2)CC1. The Kier molecular flexibility index (Phi) is 7.95. The Morgan fingerprint density at radius 3 is 2.38 bits per heavy atom. The van der Waals surface area contributed by atoms with Gasteiger partial charge in [0.15, 0.2) is 11.6 Å². The topological polar surface area (TPSA) is 23.8 Å². The van der Waals surface area contributed by atoms with Gasteiger partial charge >= 0.3 is 0 Å². The van der Waals surface area contributed by atoms with E-state index >= 15 is 0 Å². The molecule has 0 spiro atoms. The third-order valence-electron chi connectivity index (χ3n) is 5.21. The molecule has 0 aliphatic heterocycles. The number of rotatable bonds is 8. The number of nitrogens with zero attached hydrogens (tertiary/aromatic N) is 1. The van der Waals surface area contributed by atoms with Crippen LogP contribution in [0, 0.1) is 34.8 Å². The van der Waals surface area contributed by atoms with Gasteiger partial charge < -0.3 is 0 Å². The number of nitriles is 1. The van der Waals surface area contributed by atoms with Crippen LogP contribution in [0.3, 0.4) is 0 Å². The molecule has 0 atom stereocenters. The third-order valence-corrected chi connectivity index (χ3v) is 5.21. The Balaban J connectivity index is 1.57. The summed E-state index contributed by atoms with van der Waals surface area (Å²) < 4.78 is 26.0. The lowest BCUT2D eigenvalue weighted by Crippen LogP contribution is -2.14. The molecule has 0 amide bonds. The van der Waals surface area contributed by atoms with Gasteiger partial charge in [-0.05, 0) is 55.2 Å². The van der Waals surface area contributed by atoms with E-state index in [-0.39, 0.29) is 0 Å². The van der Waals surface area contributed by atoms with Crippen molar-refractivity contribution in [2.75, 3.05) is 0 Å². The second-order valence-corrected chi connectivity index (χ2v) is 6.99. The van der Waals surface area contributed by atoms with Gasteiger partial charge in [0.2, 0.25) is 0 Å². The summed E-state index contributed by atoms with van der Waals surface area (Å²) >= 11 is 0. The van der Waals surface area contributed by atoms with E-state index in [9.17, 15) is 8.78 Å². The zero-order chi connectivity index (χ0) is 17.2. The van der Waals surface area contributed by atoms with Gasteiger partial charge in [-0.2, -0.15) is 5.26 Å². The summed E-state index contributed by atoms with van der Waals surface area (Å²) in [7, 11) is 0. The van der Waals surface area contributed by atoms with Gasteiger partial charge in [0.05, 0.1) is 6.07 Å². The monoisotopic (exact) mass is 331 g/mol. The van der Waals surface area contributed by atoms with Crippen LogP contribution in [0.4, 0.5) is 8.78 Å². The normalized spacial score (nSPS) is 21.0. The van der Waals surface area contributed by atoms with Crippen molar-refractivity contribution in [3.8, 4) is 6.07 Å². The van der Waals surface area contributed by atoms with Gasteiger partial charge in [-0.15, -0.1) is 0 Å². The van der Waals surface area contributed by atoms with Crippen molar-refractivity contribution >= 4 is 0 Å². The molecule has 3 heteroatoms. The molecular formula is C21H27F2N. The number of benzene rings is 1. The van der Waals surface area contributed by atoms with Gasteiger partial charge in [0, 0.05) is 6.08 Å². The first kappa shape index (κ1) is 18.6. The molecule has 0 radical (unpaired) electrons. The minimum absolute atomic E-state index is 0.740. The molecule has 0 saturated heterocycles. The van der Waals surface area contributed by atoms with Crippen LogP contribution in [0.25, 0.3) is 0 Å². The van der Waals surface area contributed by atoms with E-state index in [4.69, 9.17) is 5.26 Å². The first-order valence-electron chi connectivity index (χ1n) is 9.17. The third kappa shape index (κ3) is 6.43. The summed E-state index contributed by atoms with van der Waals surface area (Å²) in [5, 5.41) is 8.47. The fourth-order valence-corrected chi connectivity index (χ4v) is 3.73. The minimum atomic E-state index is -0.765. The Labute approximate surface area is 144 Å². The molecule has 0 bridgehead atoms. The second-order valence-electron chi connectivity index (χ2n) is 6.99. The van der Waals surface area contributed by atoms with E-state index in [2.05, 4.69) is 0 Å². The van der Waals surface area contributed by atoms with Crippen molar-refractivity contribution in [2.45, 2.75) is 64.2 Å². The zero-order valence-electron chi connectivity index (χ0n) is 14.3. The second kappa shape index (κ2) is 10.2. The maximum Gasteiger partial charge on any atom is 0.159 e. The van der Waals surface area contributed by atoms with Crippen LogP contribution in [0.15, 0.2) is 30.4 Å². The summed E-state index contributed by atoms with van der Waals surface area (Å²) in [6.07, 6.45) is 15.4. The molecule has 2 rings (SSSR count). The first-order chi connectivity index (χ1) is 11.7. The summed E-state index contributed by atoms with van der Waals surface area (Å²) in [6.45, 7) is 0. The number of hydrogen-bond acceptors (Lipinski definition) is 1. The van der Waals surface area contributed by atoms with Crippen LogP contribution in [0.2, 0.25) is 0 Å². The van der Waals surface area contributed by atoms with Gasteiger partial charge in [0.1, 0.15) is 0 Å². The smallest absolute Gasteiger partial charge is 0.159 e. The van der Waals surface area contributed by atoms with Gasteiger partial charge in [-0.3, -0.25) is 0 Å². The van der Waals surface area contributed by atoms with Gasteiger partial charge in [-0.1, -0.05) is 50.7 Å². The standard InChI is InChI=1S/C21H27F2N/c22-20-14-13-19(16-21(20)23)8-4-3-7-18-11-9-17(10-12-18)6-2-1-5-15-24/h1,5,13-14,16-18H,2-4,6-12H2/t17-,18-. The van der Waals surface area contributed by atoms with Crippen LogP contribution in [0.5, 0.6) is 0 Å². The Bertz CT molecular complexity index is 566. The van der Waals surface area contributed by atoms with Crippen molar-refractivity contribution in [1.29, 1.82) is 5.26 Å². The highest BCUT2D eigenvalue weighted by Crippen LogP contribution is 2.34. The average Bonchev–Trinajstić information content (AvgIpc) is 2.60. The highest BCUT2D eigenvalue weighted by Gasteiger charge is 2.20. The first-order valence-corrected chi connectivity index (χ1v) is 9.17. The van der Waals surface area contributed by atoms with Gasteiger partial charge in [0.25, 0.3) is 0 Å². The van der Waals surface area contributed by atoms with Crippen LogP contribution in [-0.2, 0) is 6.42 Å². The highest BCUT2D eigenvalue weighted by atomic mass is 19.2. The summed E-state index contributed by atoms with van der Waals surface area (Å²) in [5.74, 6) is 0.154. The predicted molar refractivity (Wildman–Crippen MR) is 93.3 cm³/mol. The number of allylic oxidation sites excluding steroid dienone is 2. The van der Waals surface area contributed by atoms with Crippen LogP contribution < -0.4 is 0 Å². The number of hydrogen-bond donors (Lipinski definition) is 0. The molecule has 1 nitrogen and oxygen atoms in total. The minimum Gasteiger partial charge on any atom is -0.204 e. The van der Waals surface area contributed by atoms with Crippen molar-refractivity contribution in [3.05, 3.63) is 47.5 Å². The Morgan fingerprint density at radius 1 is 1.00 bits per heavy atom. The molecule has 1 aromatic carbocycles. The van der Waals surface area contributed by atoms with E-state index in [0.29, 0.717) is 0 Å². The van der Waals surface area contributed by atoms with Crippen LogP contribution in [-0.4, -0.2) is 0 Å². The highest BCUT2D eigenvalue weighted by molar-refractivity contribution is 5.17. The lowest BCUT2D eigenvalue weighted by molar-refractivity contribution is 0.250. The van der Waals surface area contributed by atoms with Crippen LogP contribution >= 0.6 is 0 Å². The molecule has 1 aromatic rings. The van der Waals surface area contributed by atoms with Crippen molar-refractivity contribution in [2.24, 2.45) is 11.8 Å². The van der Waals surface area contributed by atoms with E-state index < -0.39 is 11.6 Å². The Morgan fingerprint density at radius 2 is 1.71 bits per heavy atom. The lowest BCUT2D eigenvalue weighted by Gasteiger charge is -2.28. The molecule has 0 heterocycles. The van der Waals surface area contributed by atoms with Crippen molar-refractivity contribution in [1.82, 2.24) is 0 Å². The summed E-state index contributed by atoms with van der Waals surface area (Å²) in [6, 6.07) is 6.26. The molecule has 0 N–H and O–H groups in total. The van der Waals surface area contributed by atoms with Crippen molar-refractivity contribution in [3.63, 3.8) is 0 Å². The maximum atomic E-state index is 13.2. The molecule has 1 fully saturated rings. The Hall–Kier alpha value is -1.69. The van der Waals surface area contributed by atoms with E-state index in [1.54, 1.807) is 12.1 Å². The molecular weight excluding hydrogens is 304 g/mol. The van der Waals surface area contributed by atoms with Crippen molar-refractivity contribution < 1.29 is 8.78 Å². The number of unbranched alkanes of at least 4 members (excludes halogenated alkanes) is 1. The fraction of sp³-hybridized carbons (Fsp3) is 0.571. The maximum absolute atomic E-state index is 13.2. The molecule has 1 aliphatic carbocycles. The van der Waals surface area contributed by atoms with E-state index in [1.807, 2.05) is 12.1 Å². The molecule has 24 heavy (non-hydrogen) atoms. The predicted octanol–water partition coefficient (Wildman–Crippen LogP) is 6.34. The fourth-order valence-electron chi connectivity index (χ4n) is 3.73. The largest absolute Gasteiger partial charge is 0.204 e. The molecule has 130 valence electrons. The molecule has 0 aromatic heterocycles. The average molecular weight is 331 g/mol.